The van der Waals surface area contributed by atoms with Crippen LogP contribution in [0.2, 0.25) is 0 Å². The predicted octanol–water partition coefficient (Wildman–Crippen LogP) is 1.55. The van der Waals surface area contributed by atoms with Gasteiger partial charge in [0.05, 0.1) is 0 Å². The monoisotopic (exact) mass is 147 g/mol. The standard InChI is InChI=1S/C7H15O3/c1-4-5-7(9-3)10-6(2)8/h6-7H,4-5H2,1-3H3. The summed E-state index contributed by atoms with van der Waals surface area (Å²) in [5.74, 6) is 0. The molecule has 0 amide bonds. The molecule has 0 N–H and O–H groups in total. The number of hydrogen-bond acceptors (Lipinski definition) is 2. The zero-order valence-corrected chi connectivity index (χ0v) is 6.79. The fraction of sp³-hybridized carbons (Fsp3) is 1.00. The highest BCUT2D eigenvalue weighted by Gasteiger charge is 2.08. The Bertz CT molecular complexity index is 73.3. The first-order valence-corrected chi connectivity index (χ1v) is 3.54. The van der Waals surface area contributed by atoms with Crippen molar-refractivity contribution in [3.8, 4) is 0 Å². The molecule has 0 aromatic rings. The fourth-order valence-corrected chi connectivity index (χ4v) is 0.691. The van der Waals surface area contributed by atoms with Gasteiger partial charge in [-0.1, -0.05) is 13.3 Å². The van der Waals surface area contributed by atoms with Crippen LogP contribution in [0.5, 0.6) is 0 Å². The van der Waals surface area contributed by atoms with Crippen LogP contribution in [-0.4, -0.2) is 19.7 Å². The van der Waals surface area contributed by atoms with Gasteiger partial charge in [-0.2, -0.15) is 0 Å². The number of rotatable bonds is 5. The molecule has 3 nitrogen and oxygen atoms in total. The molecule has 1 radical (unpaired) electrons. The Hall–Kier alpha value is -0.120. The highest BCUT2D eigenvalue weighted by atomic mass is 16.7. The van der Waals surface area contributed by atoms with Gasteiger partial charge in [-0.15, -0.1) is 0 Å². The van der Waals surface area contributed by atoms with Crippen molar-refractivity contribution in [2.75, 3.05) is 7.11 Å². The van der Waals surface area contributed by atoms with Crippen molar-refractivity contribution in [2.24, 2.45) is 0 Å². The van der Waals surface area contributed by atoms with E-state index in [1.54, 1.807) is 7.11 Å². The zero-order valence-electron chi connectivity index (χ0n) is 6.79. The fourth-order valence-electron chi connectivity index (χ4n) is 0.691. The van der Waals surface area contributed by atoms with Crippen LogP contribution in [0, 0.1) is 0 Å². The molecule has 2 atom stereocenters. The Morgan fingerprint density at radius 1 is 1.50 bits per heavy atom. The molecule has 61 valence electrons. The molecule has 0 saturated heterocycles. The summed E-state index contributed by atoms with van der Waals surface area (Å²) in [5.41, 5.74) is 0. The molecule has 0 aromatic carbocycles. The Balaban J connectivity index is 3.39. The van der Waals surface area contributed by atoms with Crippen molar-refractivity contribution < 1.29 is 14.6 Å². The minimum absolute atomic E-state index is 0.322. The maximum Gasteiger partial charge on any atom is 0.191 e. The van der Waals surface area contributed by atoms with E-state index >= 15 is 0 Å². The first kappa shape index (κ1) is 9.88. The summed E-state index contributed by atoms with van der Waals surface area (Å²) >= 11 is 0. The average Bonchev–Trinajstić information content (AvgIpc) is 1.86. The van der Waals surface area contributed by atoms with E-state index in [0.717, 1.165) is 12.8 Å². The molecule has 0 spiro atoms. The summed E-state index contributed by atoms with van der Waals surface area (Å²) in [6.07, 6.45) is 0.433. The van der Waals surface area contributed by atoms with E-state index in [2.05, 4.69) is 0 Å². The van der Waals surface area contributed by atoms with Gasteiger partial charge in [-0.3, -0.25) is 0 Å². The summed E-state index contributed by atoms with van der Waals surface area (Å²) in [7, 11) is 1.54. The van der Waals surface area contributed by atoms with E-state index in [4.69, 9.17) is 9.47 Å². The molecule has 2 unspecified atom stereocenters. The highest BCUT2D eigenvalue weighted by Crippen LogP contribution is 2.04. The van der Waals surface area contributed by atoms with Gasteiger partial charge in [0.25, 0.3) is 0 Å². The molecular weight excluding hydrogens is 132 g/mol. The maximum atomic E-state index is 10.5. The third-order valence-corrected chi connectivity index (χ3v) is 1.13. The van der Waals surface area contributed by atoms with E-state index < -0.39 is 6.29 Å². The average molecular weight is 147 g/mol. The second kappa shape index (κ2) is 5.65. The van der Waals surface area contributed by atoms with Crippen molar-refractivity contribution in [3.63, 3.8) is 0 Å². The number of ether oxygens (including phenoxy) is 2. The van der Waals surface area contributed by atoms with E-state index in [1.807, 2.05) is 6.92 Å². The molecule has 10 heavy (non-hydrogen) atoms. The van der Waals surface area contributed by atoms with E-state index in [-0.39, 0.29) is 6.29 Å². The predicted molar refractivity (Wildman–Crippen MR) is 36.9 cm³/mol. The van der Waals surface area contributed by atoms with Gasteiger partial charge in [0.1, 0.15) is 0 Å². The first-order chi connectivity index (χ1) is 4.70. The maximum absolute atomic E-state index is 10.5. The van der Waals surface area contributed by atoms with E-state index in [1.165, 1.54) is 6.92 Å². The molecule has 0 aliphatic carbocycles. The molecule has 0 aliphatic rings. The molecule has 0 aliphatic heterocycles. The van der Waals surface area contributed by atoms with Crippen molar-refractivity contribution in [2.45, 2.75) is 39.3 Å². The van der Waals surface area contributed by atoms with Crippen LogP contribution in [-0.2, 0) is 14.6 Å². The number of hydrogen-bond donors (Lipinski definition) is 0. The summed E-state index contributed by atoms with van der Waals surface area (Å²) < 4.78 is 9.74. The molecule has 0 rings (SSSR count). The topological polar surface area (TPSA) is 38.4 Å². The minimum Gasteiger partial charge on any atom is -0.356 e. The summed E-state index contributed by atoms with van der Waals surface area (Å²) in [4.78, 5) is 0. The molecular formula is C7H15O3. The van der Waals surface area contributed by atoms with Crippen LogP contribution in [0.1, 0.15) is 26.7 Å². The van der Waals surface area contributed by atoms with Crippen LogP contribution >= 0.6 is 0 Å². The van der Waals surface area contributed by atoms with Crippen molar-refractivity contribution >= 4 is 0 Å². The lowest BCUT2D eigenvalue weighted by Crippen LogP contribution is -2.20. The highest BCUT2D eigenvalue weighted by molar-refractivity contribution is 4.41. The van der Waals surface area contributed by atoms with Crippen LogP contribution in [0.25, 0.3) is 0 Å². The third kappa shape index (κ3) is 4.73. The van der Waals surface area contributed by atoms with Gasteiger partial charge in [0.15, 0.2) is 12.6 Å². The van der Waals surface area contributed by atoms with Crippen molar-refractivity contribution in [3.05, 3.63) is 0 Å². The molecule has 0 heterocycles. The van der Waals surface area contributed by atoms with Crippen LogP contribution in [0.15, 0.2) is 0 Å². The Morgan fingerprint density at radius 3 is 2.40 bits per heavy atom. The summed E-state index contributed by atoms with van der Waals surface area (Å²) in [5, 5.41) is 10.5. The lowest BCUT2D eigenvalue weighted by atomic mass is 10.3. The van der Waals surface area contributed by atoms with Gasteiger partial charge >= 0.3 is 0 Å². The lowest BCUT2D eigenvalue weighted by molar-refractivity contribution is -0.233. The quantitative estimate of drug-likeness (QED) is 0.553. The normalized spacial score (nSPS) is 16.8. The second-order valence-corrected chi connectivity index (χ2v) is 2.16. The smallest absolute Gasteiger partial charge is 0.191 e. The minimum atomic E-state index is -0.989. The zero-order chi connectivity index (χ0) is 7.98. The van der Waals surface area contributed by atoms with Crippen LogP contribution in [0.4, 0.5) is 0 Å². The van der Waals surface area contributed by atoms with Crippen LogP contribution in [0.3, 0.4) is 0 Å². The lowest BCUT2D eigenvalue weighted by Gasteiger charge is -2.15. The van der Waals surface area contributed by atoms with Crippen LogP contribution < -0.4 is 0 Å². The third-order valence-electron chi connectivity index (χ3n) is 1.13. The Kier molecular flexibility index (Phi) is 5.58. The van der Waals surface area contributed by atoms with Crippen molar-refractivity contribution in [1.29, 1.82) is 0 Å². The Labute approximate surface area is 62.0 Å². The SMILES string of the molecule is CCCC(OC)OC(C)[O]. The summed E-state index contributed by atoms with van der Waals surface area (Å²) in [6.45, 7) is 3.48. The number of methoxy groups -OCH3 is 1. The molecule has 0 fully saturated rings. The van der Waals surface area contributed by atoms with Gasteiger partial charge in [-0.05, 0) is 13.3 Å². The molecule has 0 saturated carbocycles. The van der Waals surface area contributed by atoms with Gasteiger partial charge in [0.2, 0.25) is 0 Å². The van der Waals surface area contributed by atoms with E-state index in [9.17, 15) is 5.11 Å². The molecule has 0 bridgehead atoms. The first-order valence-electron chi connectivity index (χ1n) is 3.54. The second-order valence-electron chi connectivity index (χ2n) is 2.16. The van der Waals surface area contributed by atoms with Crippen molar-refractivity contribution in [1.82, 2.24) is 0 Å². The van der Waals surface area contributed by atoms with E-state index in [0.29, 0.717) is 0 Å². The largest absolute Gasteiger partial charge is 0.356 e. The summed E-state index contributed by atoms with van der Waals surface area (Å²) in [6, 6.07) is 0. The Morgan fingerprint density at radius 2 is 2.10 bits per heavy atom. The van der Waals surface area contributed by atoms with Gasteiger partial charge in [0, 0.05) is 7.11 Å². The molecule has 0 aromatic heterocycles. The molecule has 3 heteroatoms. The van der Waals surface area contributed by atoms with Gasteiger partial charge < -0.3 is 9.47 Å². The van der Waals surface area contributed by atoms with Gasteiger partial charge in [-0.25, -0.2) is 5.11 Å².